The van der Waals surface area contributed by atoms with Crippen LogP contribution >= 0.6 is 0 Å². The summed E-state index contributed by atoms with van der Waals surface area (Å²) in [6.45, 7) is 7.30. The third-order valence-corrected chi connectivity index (χ3v) is 4.49. The monoisotopic (exact) mass is 343 g/mol. The molecule has 6 nitrogen and oxygen atoms in total. The van der Waals surface area contributed by atoms with Crippen LogP contribution in [0.15, 0.2) is 34.9 Å². The van der Waals surface area contributed by atoms with Gasteiger partial charge >= 0.3 is 6.03 Å². The van der Waals surface area contributed by atoms with Crippen molar-refractivity contribution in [2.75, 3.05) is 26.3 Å². The minimum Gasteiger partial charge on any atom is -0.381 e. The van der Waals surface area contributed by atoms with Crippen molar-refractivity contribution in [2.24, 2.45) is 5.92 Å². The van der Waals surface area contributed by atoms with Gasteiger partial charge < -0.3 is 19.5 Å². The van der Waals surface area contributed by atoms with Crippen LogP contribution in [0.3, 0.4) is 0 Å². The summed E-state index contributed by atoms with van der Waals surface area (Å²) in [7, 11) is 0. The Morgan fingerprint density at radius 3 is 2.84 bits per heavy atom. The fourth-order valence-corrected chi connectivity index (χ4v) is 2.93. The number of carbonyl (C=O) groups is 1. The first-order valence-corrected chi connectivity index (χ1v) is 8.79. The maximum Gasteiger partial charge on any atom is 0.317 e. The van der Waals surface area contributed by atoms with E-state index in [2.05, 4.69) is 10.5 Å². The van der Waals surface area contributed by atoms with Gasteiger partial charge in [0.15, 0.2) is 5.76 Å². The second-order valence-corrected chi connectivity index (χ2v) is 6.47. The van der Waals surface area contributed by atoms with Crippen molar-refractivity contribution in [1.29, 1.82) is 0 Å². The molecule has 1 aliphatic heterocycles. The quantitative estimate of drug-likeness (QED) is 0.874. The van der Waals surface area contributed by atoms with Gasteiger partial charge in [-0.3, -0.25) is 0 Å². The van der Waals surface area contributed by atoms with E-state index >= 15 is 0 Å². The van der Waals surface area contributed by atoms with Gasteiger partial charge in [0.1, 0.15) is 5.69 Å². The summed E-state index contributed by atoms with van der Waals surface area (Å²) in [5, 5.41) is 7.00. The number of nitrogens with one attached hydrogen (secondary N) is 1. The van der Waals surface area contributed by atoms with E-state index in [0.717, 1.165) is 37.4 Å². The topological polar surface area (TPSA) is 67.6 Å². The number of amides is 2. The number of hydrogen-bond donors (Lipinski definition) is 1. The van der Waals surface area contributed by atoms with Crippen LogP contribution in [0.5, 0.6) is 0 Å². The number of benzene rings is 1. The third-order valence-electron chi connectivity index (χ3n) is 4.49. The predicted octanol–water partition coefficient (Wildman–Crippen LogP) is 3.22. The molecule has 0 spiro atoms. The van der Waals surface area contributed by atoms with Crippen molar-refractivity contribution in [3.63, 3.8) is 0 Å². The van der Waals surface area contributed by atoms with Crippen LogP contribution in [0.1, 0.15) is 24.7 Å². The number of carbonyl (C=O) groups excluding carboxylic acids is 1. The first kappa shape index (κ1) is 17.5. The summed E-state index contributed by atoms with van der Waals surface area (Å²) in [4.78, 5) is 14.2. The van der Waals surface area contributed by atoms with E-state index in [4.69, 9.17) is 9.26 Å². The molecular formula is C19H25N3O3. The molecule has 6 heteroatoms. The minimum atomic E-state index is -0.0808. The molecule has 25 heavy (non-hydrogen) atoms. The smallest absolute Gasteiger partial charge is 0.317 e. The normalized spacial score (nSPS) is 16.8. The van der Waals surface area contributed by atoms with Crippen molar-refractivity contribution < 1.29 is 14.1 Å². The SMILES string of the molecule is CCN(C[C@@H]1CCOC1)C(=O)NCc1cc(-c2ccc(C)cc2)no1. The van der Waals surface area contributed by atoms with Crippen molar-refractivity contribution in [1.82, 2.24) is 15.4 Å². The van der Waals surface area contributed by atoms with E-state index in [1.54, 1.807) is 0 Å². The molecule has 1 aromatic carbocycles. The molecule has 3 rings (SSSR count). The Bertz CT molecular complexity index is 690. The lowest BCUT2D eigenvalue weighted by molar-refractivity contribution is 0.165. The zero-order chi connectivity index (χ0) is 17.6. The van der Waals surface area contributed by atoms with Gasteiger partial charge in [-0.05, 0) is 20.3 Å². The molecule has 0 unspecified atom stereocenters. The lowest BCUT2D eigenvalue weighted by Gasteiger charge is -2.23. The summed E-state index contributed by atoms with van der Waals surface area (Å²) < 4.78 is 10.7. The molecule has 1 N–H and O–H groups in total. The van der Waals surface area contributed by atoms with Gasteiger partial charge in [0.25, 0.3) is 0 Å². The zero-order valence-corrected chi connectivity index (χ0v) is 14.8. The van der Waals surface area contributed by atoms with Gasteiger partial charge in [0.2, 0.25) is 0 Å². The Morgan fingerprint density at radius 2 is 2.16 bits per heavy atom. The van der Waals surface area contributed by atoms with E-state index in [1.165, 1.54) is 5.56 Å². The van der Waals surface area contributed by atoms with E-state index in [9.17, 15) is 4.79 Å². The van der Waals surface area contributed by atoms with E-state index in [-0.39, 0.29) is 6.03 Å². The first-order chi connectivity index (χ1) is 12.2. The van der Waals surface area contributed by atoms with Crippen LogP contribution in [0.25, 0.3) is 11.3 Å². The number of aromatic nitrogens is 1. The summed E-state index contributed by atoms with van der Waals surface area (Å²) in [5.74, 6) is 1.08. The van der Waals surface area contributed by atoms with Crippen LogP contribution in [-0.4, -0.2) is 42.4 Å². The summed E-state index contributed by atoms with van der Waals surface area (Å²) in [6.07, 6.45) is 1.02. The average Bonchev–Trinajstić information content (AvgIpc) is 3.30. The molecule has 0 bridgehead atoms. The lowest BCUT2D eigenvalue weighted by Crippen LogP contribution is -2.42. The number of urea groups is 1. The Labute approximate surface area is 148 Å². The number of ether oxygens (including phenoxy) is 1. The van der Waals surface area contributed by atoms with Crippen LogP contribution < -0.4 is 5.32 Å². The Kier molecular flexibility index (Phi) is 5.71. The van der Waals surface area contributed by atoms with Crippen LogP contribution in [-0.2, 0) is 11.3 Å². The van der Waals surface area contributed by atoms with Gasteiger partial charge in [-0.1, -0.05) is 35.0 Å². The molecule has 0 saturated carbocycles. The van der Waals surface area contributed by atoms with Gasteiger partial charge in [0, 0.05) is 37.2 Å². The largest absolute Gasteiger partial charge is 0.381 e. The van der Waals surface area contributed by atoms with Crippen LogP contribution in [0.2, 0.25) is 0 Å². The third kappa shape index (κ3) is 4.60. The number of hydrogen-bond acceptors (Lipinski definition) is 4. The fraction of sp³-hybridized carbons (Fsp3) is 0.474. The van der Waals surface area contributed by atoms with Gasteiger partial charge in [-0.25, -0.2) is 4.79 Å². The molecule has 2 amide bonds. The predicted molar refractivity (Wildman–Crippen MR) is 95.1 cm³/mol. The summed E-state index contributed by atoms with van der Waals surface area (Å²) in [6, 6.07) is 9.89. The van der Waals surface area contributed by atoms with Crippen molar-refractivity contribution in [2.45, 2.75) is 26.8 Å². The lowest BCUT2D eigenvalue weighted by atomic mass is 10.1. The number of aryl methyl sites for hydroxylation is 1. The second kappa shape index (κ2) is 8.16. The van der Waals surface area contributed by atoms with E-state index in [1.807, 2.05) is 49.1 Å². The number of nitrogens with zero attached hydrogens (tertiary/aromatic N) is 2. The Hall–Kier alpha value is -2.34. The molecule has 134 valence electrons. The van der Waals surface area contributed by atoms with Crippen LogP contribution in [0.4, 0.5) is 4.79 Å². The maximum atomic E-state index is 12.4. The first-order valence-electron chi connectivity index (χ1n) is 8.79. The molecule has 1 aromatic heterocycles. The molecular weight excluding hydrogens is 318 g/mol. The molecule has 2 aromatic rings. The molecule has 0 radical (unpaired) electrons. The average molecular weight is 343 g/mol. The molecule has 2 heterocycles. The summed E-state index contributed by atoms with van der Waals surface area (Å²) in [5.41, 5.74) is 2.98. The standard InChI is InChI=1S/C19H25N3O3/c1-3-22(12-15-8-9-24-13-15)19(23)20-11-17-10-18(21-25-17)16-6-4-14(2)5-7-16/h4-7,10,15H,3,8-9,11-13H2,1-2H3,(H,20,23)/t15-/m0/s1. The Morgan fingerprint density at radius 1 is 1.36 bits per heavy atom. The van der Waals surface area contributed by atoms with Gasteiger partial charge in [0.05, 0.1) is 13.2 Å². The second-order valence-electron chi connectivity index (χ2n) is 6.47. The van der Waals surface area contributed by atoms with Crippen molar-refractivity contribution in [3.8, 4) is 11.3 Å². The van der Waals surface area contributed by atoms with Gasteiger partial charge in [-0.2, -0.15) is 0 Å². The molecule has 1 saturated heterocycles. The molecule has 1 atom stereocenters. The highest BCUT2D eigenvalue weighted by Gasteiger charge is 2.21. The molecule has 1 aliphatic rings. The summed E-state index contributed by atoms with van der Waals surface area (Å²) >= 11 is 0. The van der Waals surface area contributed by atoms with Crippen LogP contribution in [0, 0.1) is 12.8 Å². The van der Waals surface area contributed by atoms with Gasteiger partial charge in [-0.15, -0.1) is 0 Å². The molecule has 0 aliphatic carbocycles. The Balaban J connectivity index is 1.53. The van der Waals surface area contributed by atoms with E-state index in [0.29, 0.717) is 24.8 Å². The molecule has 1 fully saturated rings. The number of rotatable bonds is 6. The highest BCUT2D eigenvalue weighted by molar-refractivity contribution is 5.74. The van der Waals surface area contributed by atoms with Crippen molar-refractivity contribution >= 4 is 6.03 Å². The highest BCUT2D eigenvalue weighted by Crippen LogP contribution is 2.19. The zero-order valence-electron chi connectivity index (χ0n) is 14.8. The van der Waals surface area contributed by atoms with E-state index < -0.39 is 0 Å². The fourth-order valence-electron chi connectivity index (χ4n) is 2.93. The van der Waals surface area contributed by atoms with Crippen molar-refractivity contribution in [3.05, 3.63) is 41.7 Å². The highest BCUT2D eigenvalue weighted by atomic mass is 16.5. The minimum absolute atomic E-state index is 0.0808. The maximum absolute atomic E-state index is 12.4.